The molecule has 320 valence electrons. The summed E-state index contributed by atoms with van der Waals surface area (Å²) in [6.07, 6.45) is -0.644. The van der Waals surface area contributed by atoms with Crippen LogP contribution in [0, 0.1) is 10.1 Å². The minimum atomic E-state index is -4.23. The Morgan fingerprint density at radius 2 is 1.24 bits per heavy atom. The lowest BCUT2D eigenvalue weighted by Gasteiger charge is -2.43. The molecule has 0 saturated carbocycles. The number of nitrogens with zero attached hydrogens (tertiary/aromatic N) is 1. The maximum Gasteiger partial charge on any atom is 0.407 e. The van der Waals surface area contributed by atoms with Gasteiger partial charge < -0.3 is 19.8 Å². The average molecular weight is 871 g/mol. The Morgan fingerprint density at radius 3 is 1.73 bits per heavy atom. The van der Waals surface area contributed by atoms with E-state index in [2.05, 4.69) is 60.4 Å². The van der Waals surface area contributed by atoms with Gasteiger partial charge in [0.25, 0.3) is 14.0 Å². The van der Waals surface area contributed by atoms with Crippen LogP contribution in [-0.2, 0) is 30.4 Å². The van der Waals surface area contributed by atoms with Crippen molar-refractivity contribution < 1.29 is 32.1 Å². The fourth-order valence-electron chi connectivity index (χ4n) is 7.82. The Balaban J connectivity index is 1.35. The predicted molar refractivity (Wildman–Crippen MR) is 244 cm³/mol. The number of rotatable bonds is 17. The van der Waals surface area contributed by atoms with Gasteiger partial charge in [0, 0.05) is 29.8 Å². The number of alkyl carbamates (subject to hydrolysis) is 1. The van der Waals surface area contributed by atoms with Gasteiger partial charge in [-0.25, -0.2) is 17.9 Å². The highest BCUT2D eigenvalue weighted by atomic mass is 32.2. The average Bonchev–Trinajstić information content (AvgIpc) is 3.27. The normalized spacial score (nSPS) is 12.9. The molecule has 0 aliphatic rings. The van der Waals surface area contributed by atoms with Gasteiger partial charge in [0.1, 0.15) is 6.04 Å². The zero-order valence-electron chi connectivity index (χ0n) is 34.9. The Bertz CT molecular complexity index is 2460. The summed E-state index contributed by atoms with van der Waals surface area (Å²) < 4.78 is 43.1. The molecule has 0 fully saturated rings. The van der Waals surface area contributed by atoms with E-state index in [1.165, 1.54) is 19.2 Å². The molecule has 2 amide bonds. The number of carbonyl (C=O) groups excluding carboxylic acids is 2. The monoisotopic (exact) mass is 870 g/mol. The van der Waals surface area contributed by atoms with Crippen LogP contribution in [0.1, 0.15) is 43.4 Å². The van der Waals surface area contributed by atoms with Crippen molar-refractivity contribution in [1.82, 2.24) is 10.0 Å². The third-order valence-electron chi connectivity index (χ3n) is 10.7. The number of ether oxygens (including phenoxy) is 1. The lowest BCUT2D eigenvalue weighted by Crippen LogP contribution is -2.67. The molecule has 0 unspecified atom stereocenters. The fourth-order valence-corrected chi connectivity index (χ4v) is 13.6. The van der Waals surface area contributed by atoms with Crippen LogP contribution in [0.15, 0.2) is 175 Å². The largest absolute Gasteiger partial charge is 0.453 e. The number of nitro benzene ring substituents is 1. The first-order valence-corrected chi connectivity index (χ1v) is 23.5. The summed E-state index contributed by atoms with van der Waals surface area (Å²) in [5.74, 6) is -1.09. The van der Waals surface area contributed by atoms with Gasteiger partial charge in [-0.2, -0.15) is 0 Å². The Labute approximate surface area is 363 Å². The molecule has 6 aromatic carbocycles. The molecule has 2 atom stereocenters. The van der Waals surface area contributed by atoms with Gasteiger partial charge in [0.05, 0.1) is 23.5 Å². The third-order valence-corrected chi connectivity index (χ3v) is 17.2. The van der Waals surface area contributed by atoms with Crippen LogP contribution in [0.2, 0.25) is 5.04 Å². The molecule has 0 aliphatic heterocycles. The van der Waals surface area contributed by atoms with E-state index in [9.17, 15) is 28.1 Å². The van der Waals surface area contributed by atoms with Gasteiger partial charge in [0.15, 0.2) is 0 Å². The number of hydrogen-bond donors (Lipinski definition) is 3. The first-order valence-electron chi connectivity index (χ1n) is 20.1. The van der Waals surface area contributed by atoms with Crippen LogP contribution in [0.25, 0.3) is 0 Å². The maximum absolute atomic E-state index is 14.3. The van der Waals surface area contributed by atoms with E-state index in [4.69, 9.17) is 9.16 Å². The molecule has 14 heteroatoms. The highest BCUT2D eigenvalue weighted by Crippen LogP contribution is 2.37. The highest BCUT2D eigenvalue weighted by molar-refractivity contribution is 7.89. The molecule has 0 saturated heterocycles. The quantitative estimate of drug-likeness (QED) is 0.0480. The van der Waals surface area contributed by atoms with Crippen LogP contribution >= 0.6 is 0 Å². The summed E-state index contributed by atoms with van der Waals surface area (Å²) in [4.78, 5) is 37.7. The van der Waals surface area contributed by atoms with E-state index in [0.29, 0.717) is 11.3 Å². The smallest absolute Gasteiger partial charge is 0.407 e. The Hall–Kier alpha value is -6.45. The molecule has 0 aromatic heterocycles. The number of methoxy groups -OCH3 is 1. The molecule has 12 nitrogen and oxygen atoms in total. The molecule has 0 spiro atoms. The Morgan fingerprint density at radius 1 is 0.726 bits per heavy atom. The van der Waals surface area contributed by atoms with E-state index >= 15 is 0 Å². The second kappa shape index (κ2) is 19.9. The number of carbonyl (C=O) groups is 2. The van der Waals surface area contributed by atoms with E-state index in [1.54, 1.807) is 18.2 Å². The maximum atomic E-state index is 14.3. The summed E-state index contributed by atoms with van der Waals surface area (Å²) in [5.41, 5.74) is 2.44. The van der Waals surface area contributed by atoms with E-state index in [0.717, 1.165) is 33.6 Å². The summed E-state index contributed by atoms with van der Waals surface area (Å²) in [6, 6.07) is 48.6. The molecular weight excluding hydrogens is 821 g/mol. The van der Waals surface area contributed by atoms with Gasteiger partial charge in [-0.1, -0.05) is 154 Å². The molecule has 62 heavy (non-hydrogen) atoms. The lowest BCUT2D eigenvalue weighted by atomic mass is 9.84. The van der Waals surface area contributed by atoms with Crippen molar-refractivity contribution in [2.24, 2.45) is 0 Å². The number of anilines is 1. The second-order valence-corrected chi connectivity index (χ2v) is 21.9. The number of benzene rings is 6. The first kappa shape index (κ1) is 45.1. The van der Waals surface area contributed by atoms with Crippen molar-refractivity contribution in [3.8, 4) is 0 Å². The summed E-state index contributed by atoms with van der Waals surface area (Å²) in [7, 11) is -6.14. The van der Waals surface area contributed by atoms with Crippen molar-refractivity contribution in [3.05, 3.63) is 197 Å². The molecular formula is C48H50N4O8SSi. The minimum absolute atomic E-state index is 0.0446. The van der Waals surface area contributed by atoms with Gasteiger partial charge in [-0.15, -0.1) is 0 Å². The number of nitro groups is 1. The molecule has 3 N–H and O–H groups in total. The highest BCUT2D eigenvalue weighted by Gasteiger charge is 2.50. The second-order valence-electron chi connectivity index (χ2n) is 15.8. The van der Waals surface area contributed by atoms with Crippen molar-refractivity contribution in [1.29, 1.82) is 0 Å². The van der Waals surface area contributed by atoms with E-state index in [1.807, 2.05) is 103 Å². The standard InChI is InChI=1S/C48H50N4O8SSi/c1-48(2,3)62(42-24-13-7-14-25-42,43-26-15-8-16-27-43)60-34-39(51-61(57,58)41-30-28-40(29-31-41)52(55)56)33-35-18-17-23-38(32-35)49-46(53)45(50-47(54)59-4)44(36-19-9-5-10-20-36)37-21-11-6-12-22-37/h5-32,39,44-45,51H,33-34H2,1-4H3,(H,49,53)(H,50,54)/t39-,45-/m0/s1. The fraction of sp³-hybridized carbons (Fsp3) is 0.208. The number of hydrogen-bond acceptors (Lipinski definition) is 8. The molecule has 0 aliphatic carbocycles. The molecule has 0 heterocycles. The van der Waals surface area contributed by atoms with Crippen molar-refractivity contribution >= 4 is 52.1 Å². The SMILES string of the molecule is COC(=O)N[C@H](C(=O)Nc1cccc(C[C@@H](CO[Si](c2ccccc2)(c2ccccc2)C(C)(C)C)NS(=O)(=O)c2ccc([N+](=O)[O-])cc2)c1)C(c1ccccc1)c1ccccc1. The predicted octanol–water partition coefficient (Wildman–Crippen LogP) is 7.56. The van der Waals surface area contributed by atoms with Crippen LogP contribution < -0.4 is 25.7 Å². The third kappa shape index (κ3) is 10.7. The van der Waals surface area contributed by atoms with Gasteiger partial charge in [-0.3, -0.25) is 14.9 Å². The minimum Gasteiger partial charge on any atom is -0.453 e. The number of amides is 2. The molecule has 6 aromatic rings. The summed E-state index contributed by atoms with van der Waals surface area (Å²) >= 11 is 0. The van der Waals surface area contributed by atoms with Crippen molar-refractivity contribution in [2.45, 2.75) is 55.1 Å². The first-order chi connectivity index (χ1) is 29.7. The zero-order valence-corrected chi connectivity index (χ0v) is 36.8. The van der Waals surface area contributed by atoms with Crippen molar-refractivity contribution in [3.63, 3.8) is 0 Å². The van der Waals surface area contributed by atoms with E-state index < -0.39 is 58.3 Å². The zero-order chi connectivity index (χ0) is 44.3. The van der Waals surface area contributed by atoms with Crippen molar-refractivity contribution in [2.75, 3.05) is 19.0 Å². The van der Waals surface area contributed by atoms with Gasteiger partial charge in [0.2, 0.25) is 15.9 Å². The number of sulfonamides is 1. The summed E-state index contributed by atoms with van der Waals surface area (Å²) in [6.45, 7) is 6.34. The molecule has 0 radical (unpaired) electrons. The van der Waals surface area contributed by atoms with Crippen LogP contribution in [-0.4, -0.2) is 59.5 Å². The number of nitrogens with one attached hydrogen (secondary N) is 3. The lowest BCUT2D eigenvalue weighted by molar-refractivity contribution is -0.384. The number of non-ortho nitro benzene ring substituents is 1. The van der Waals surface area contributed by atoms with Crippen LogP contribution in [0.5, 0.6) is 0 Å². The van der Waals surface area contributed by atoms with Crippen LogP contribution in [0.3, 0.4) is 0 Å². The Kier molecular flexibility index (Phi) is 14.5. The topological polar surface area (TPSA) is 166 Å². The summed E-state index contributed by atoms with van der Waals surface area (Å²) in [5, 5.41) is 18.7. The van der Waals surface area contributed by atoms with E-state index in [-0.39, 0.29) is 23.6 Å². The van der Waals surface area contributed by atoms with Crippen LogP contribution in [0.4, 0.5) is 16.2 Å². The molecule has 0 bridgehead atoms. The molecule has 6 rings (SSSR count). The van der Waals surface area contributed by atoms with Gasteiger partial charge >= 0.3 is 6.09 Å². The van der Waals surface area contributed by atoms with Gasteiger partial charge in [-0.05, 0) is 62.8 Å².